The SMILES string of the molecule is CNC(=O)[C@H]1[C@@H]2C(=O)N([C@@H](CO)Cc3ccccc3)[C@H](C(=O)Nc3cc(C)ccc3C)[C@H]2C=C[C@H]1C. The van der Waals surface area contributed by atoms with Crippen molar-refractivity contribution in [1.82, 2.24) is 10.2 Å². The lowest BCUT2D eigenvalue weighted by molar-refractivity contribution is -0.142. The summed E-state index contributed by atoms with van der Waals surface area (Å²) in [5.74, 6) is -2.69. The number of carbonyl (C=O) groups excluding carboxylic acids is 3. The van der Waals surface area contributed by atoms with Gasteiger partial charge in [-0.3, -0.25) is 14.4 Å². The van der Waals surface area contributed by atoms with Gasteiger partial charge in [0.05, 0.1) is 24.5 Å². The van der Waals surface area contributed by atoms with Crippen LogP contribution in [0.4, 0.5) is 5.69 Å². The monoisotopic (exact) mass is 489 g/mol. The highest BCUT2D eigenvalue weighted by molar-refractivity contribution is 6.02. The van der Waals surface area contributed by atoms with Gasteiger partial charge in [-0.15, -0.1) is 0 Å². The highest BCUT2D eigenvalue weighted by Gasteiger charge is 2.58. The zero-order valence-corrected chi connectivity index (χ0v) is 21.3. The smallest absolute Gasteiger partial charge is 0.247 e. The summed E-state index contributed by atoms with van der Waals surface area (Å²) in [7, 11) is 1.57. The van der Waals surface area contributed by atoms with Crippen molar-refractivity contribution in [2.45, 2.75) is 39.3 Å². The van der Waals surface area contributed by atoms with E-state index < -0.39 is 29.8 Å². The quantitative estimate of drug-likeness (QED) is 0.521. The molecule has 1 saturated heterocycles. The van der Waals surface area contributed by atoms with Gasteiger partial charge in [0, 0.05) is 18.7 Å². The van der Waals surface area contributed by atoms with Gasteiger partial charge in [-0.1, -0.05) is 61.5 Å². The maximum absolute atomic E-state index is 14.0. The maximum atomic E-state index is 14.0. The Morgan fingerprint density at radius 1 is 1.06 bits per heavy atom. The molecule has 3 N–H and O–H groups in total. The zero-order valence-electron chi connectivity index (χ0n) is 21.3. The first kappa shape index (κ1) is 25.6. The number of likely N-dealkylation sites (tertiary alicyclic amines) is 1. The average molecular weight is 490 g/mol. The van der Waals surface area contributed by atoms with E-state index in [-0.39, 0.29) is 30.2 Å². The summed E-state index contributed by atoms with van der Waals surface area (Å²) in [6, 6.07) is 14.0. The first-order chi connectivity index (χ1) is 17.3. The minimum Gasteiger partial charge on any atom is -0.394 e. The second-order valence-corrected chi connectivity index (χ2v) is 10.0. The van der Waals surface area contributed by atoms with Crippen molar-refractivity contribution in [2.24, 2.45) is 23.7 Å². The molecule has 7 heteroatoms. The van der Waals surface area contributed by atoms with Crippen molar-refractivity contribution in [3.8, 4) is 0 Å². The molecule has 2 aliphatic rings. The fourth-order valence-electron chi connectivity index (χ4n) is 5.71. The van der Waals surface area contributed by atoms with E-state index in [0.717, 1.165) is 16.7 Å². The van der Waals surface area contributed by atoms with E-state index in [0.29, 0.717) is 12.1 Å². The molecule has 1 aliphatic carbocycles. The molecule has 1 heterocycles. The van der Waals surface area contributed by atoms with Crippen LogP contribution in [0.1, 0.15) is 23.6 Å². The van der Waals surface area contributed by atoms with Crippen molar-refractivity contribution in [1.29, 1.82) is 0 Å². The van der Waals surface area contributed by atoms with Crippen LogP contribution in [0.3, 0.4) is 0 Å². The van der Waals surface area contributed by atoms with Gasteiger partial charge in [-0.25, -0.2) is 0 Å². The number of allylic oxidation sites excluding steroid dienone is 1. The van der Waals surface area contributed by atoms with E-state index in [2.05, 4.69) is 10.6 Å². The first-order valence-electron chi connectivity index (χ1n) is 12.5. The number of aliphatic hydroxyl groups excluding tert-OH is 1. The summed E-state index contributed by atoms with van der Waals surface area (Å²) in [5, 5.41) is 16.2. The van der Waals surface area contributed by atoms with E-state index in [1.54, 1.807) is 11.9 Å². The van der Waals surface area contributed by atoms with E-state index in [1.807, 2.05) is 81.5 Å². The highest BCUT2D eigenvalue weighted by Crippen LogP contribution is 2.45. The minimum absolute atomic E-state index is 0.153. The number of hydrogen-bond donors (Lipinski definition) is 3. The van der Waals surface area contributed by atoms with Crippen LogP contribution in [-0.4, -0.2) is 53.5 Å². The predicted octanol–water partition coefficient (Wildman–Crippen LogP) is 2.86. The van der Waals surface area contributed by atoms with Crippen LogP contribution >= 0.6 is 0 Å². The molecule has 0 aromatic heterocycles. The van der Waals surface area contributed by atoms with E-state index >= 15 is 0 Å². The molecule has 3 amide bonds. The number of hydrogen-bond acceptors (Lipinski definition) is 4. The Morgan fingerprint density at radius 2 is 1.78 bits per heavy atom. The number of carbonyl (C=O) groups is 3. The van der Waals surface area contributed by atoms with Gasteiger partial charge in [-0.05, 0) is 48.9 Å². The number of nitrogens with one attached hydrogen (secondary N) is 2. The molecule has 1 aliphatic heterocycles. The molecule has 4 rings (SSSR count). The third-order valence-electron chi connectivity index (χ3n) is 7.60. The summed E-state index contributed by atoms with van der Waals surface area (Å²) in [4.78, 5) is 42.3. The predicted molar refractivity (Wildman–Crippen MR) is 139 cm³/mol. The number of nitrogens with zero attached hydrogens (tertiary/aromatic N) is 1. The topological polar surface area (TPSA) is 98.7 Å². The molecule has 0 bridgehead atoms. The lowest BCUT2D eigenvalue weighted by atomic mass is 9.70. The van der Waals surface area contributed by atoms with E-state index in [9.17, 15) is 19.5 Å². The van der Waals surface area contributed by atoms with Crippen molar-refractivity contribution in [2.75, 3.05) is 19.0 Å². The van der Waals surface area contributed by atoms with Crippen molar-refractivity contribution < 1.29 is 19.5 Å². The Balaban J connectivity index is 1.75. The molecule has 0 unspecified atom stereocenters. The normalized spacial score (nSPS) is 25.9. The molecule has 190 valence electrons. The van der Waals surface area contributed by atoms with Gasteiger partial charge in [0.2, 0.25) is 17.7 Å². The second kappa shape index (κ2) is 10.7. The van der Waals surface area contributed by atoms with Crippen molar-refractivity contribution in [3.63, 3.8) is 0 Å². The van der Waals surface area contributed by atoms with Gasteiger partial charge in [0.1, 0.15) is 6.04 Å². The van der Waals surface area contributed by atoms with Gasteiger partial charge >= 0.3 is 0 Å². The molecule has 2 aromatic rings. The Kier molecular flexibility index (Phi) is 7.59. The lowest BCUT2D eigenvalue weighted by Crippen LogP contribution is -2.51. The summed E-state index contributed by atoms with van der Waals surface area (Å²) in [6.45, 7) is 5.50. The molecule has 36 heavy (non-hydrogen) atoms. The lowest BCUT2D eigenvalue weighted by Gasteiger charge is -2.33. The van der Waals surface area contributed by atoms with Crippen LogP contribution in [-0.2, 0) is 20.8 Å². The van der Waals surface area contributed by atoms with Crippen LogP contribution in [0.2, 0.25) is 0 Å². The van der Waals surface area contributed by atoms with E-state index in [1.165, 1.54) is 0 Å². The number of anilines is 1. The Labute approximate surface area is 212 Å². The molecule has 0 spiro atoms. The highest BCUT2D eigenvalue weighted by atomic mass is 16.3. The first-order valence-corrected chi connectivity index (χ1v) is 12.5. The number of amides is 3. The Morgan fingerprint density at radius 3 is 2.44 bits per heavy atom. The molecule has 0 radical (unpaired) electrons. The number of fused-ring (bicyclic) bond motifs is 1. The second-order valence-electron chi connectivity index (χ2n) is 10.0. The summed E-state index contributed by atoms with van der Waals surface area (Å²) in [5.41, 5.74) is 3.58. The van der Waals surface area contributed by atoms with Crippen molar-refractivity contribution in [3.05, 3.63) is 77.4 Å². The molecule has 0 saturated carbocycles. The fourth-order valence-corrected chi connectivity index (χ4v) is 5.71. The maximum Gasteiger partial charge on any atom is 0.247 e. The number of rotatable bonds is 7. The molecule has 6 atom stereocenters. The third-order valence-corrected chi connectivity index (χ3v) is 7.60. The van der Waals surface area contributed by atoms with Crippen LogP contribution in [0.15, 0.2) is 60.7 Å². The van der Waals surface area contributed by atoms with Crippen LogP contribution in [0.25, 0.3) is 0 Å². The zero-order chi connectivity index (χ0) is 26.0. The molecular weight excluding hydrogens is 454 g/mol. The summed E-state index contributed by atoms with van der Waals surface area (Å²) in [6.07, 6.45) is 4.25. The minimum atomic E-state index is -0.848. The molecule has 2 aromatic carbocycles. The number of benzene rings is 2. The number of aliphatic hydroxyl groups is 1. The van der Waals surface area contributed by atoms with Gasteiger partial charge in [0.25, 0.3) is 0 Å². The standard InChI is InChI=1S/C29H35N3O4/c1-17-10-11-18(2)23(14-17)31-28(35)26-22-13-12-19(3)24(27(34)30-4)25(22)29(36)32(26)21(16-33)15-20-8-6-5-7-9-20/h5-14,19,21-22,24-26,33H,15-16H2,1-4H3,(H,30,34)(H,31,35)/t19-,21-,22+,24-,25-,26+/m1/s1. The third kappa shape index (κ3) is 4.80. The van der Waals surface area contributed by atoms with Crippen LogP contribution < -0.4 is 10.6 Å². The largest absolute Gasteiger partial charge is 0.394 e. The van der Waals surface area contributed by atoms with Crippen LogP contribution in [0.5, 0.6) is 0 Å². The van der Waals surface area contributed by atoms with Crippen molar-refractivity contribution >= 4 is 23.4 Å². The van der Waals surface area contributed by atoms with Gasteiger partial charge in [0.15, 0.2) is 0 Å². The summed E-state index contributed by atoms with van der Waals surface area (Å²) < 4.78 is 0. The summed E-state index contributed by atoms with van der Waals surface area (Å²) >= 11 is 0. The molecule has 1 fully saturated rings. The Hall–Kier alpha value is -3.45. The Bertz CT molecular complexity index is 1160. The molecule has 7 nitrogen and oxygen atoms in total. The van der Waals surface area contributed by atoms with Gasteiger partial charge in [-0.2, -0.15) is 0 Å². The van der Waals surface area contributed by atoms with Gasteiger partial charge < -0.3 is 20.6 Å². The van der Waals surface area contributed by atoms with E-state index in [4.69, 9.17) is 0 Å². The average Bonchev–Trinajstić information content (AvgIpc) is 3.17. The molecular formula is C29H35N3O4. The fraction of sp³-hybridized carbons (Fsp3) is 0.414. The van der Waals surface area contributed by atoms with Crippen LogP contribution in [0, 0.1) is 37.5 Å². The number of aryl methyl sites for hydroxylation is 2.